The highest BCUT2D eigenvalue weighted by Crippen LogP contribution is 2.49. The van der Waals surface area contributed by atoms with Crippen LogP contribution in [0.5, 0.6) is 17.2 Å². The molecular formula is C30H37NO11. The number of aliphatic hydroxyl groups excluding tert-OH is 2. The molecule has 1 fully saturated rings. The molecular weight excluding hydrogens is 550 g/mol. The first-order chi connectivity index (χ1) is 19.7. The van der Waals surface area contributed by atoms with Crippen LogP contribution >= 0.6 is 0 Å². The third-order valence-electron chi connectivity index (χ3n) is 8.43. The summed E-state index contributed by atoms with van der Waals surface area (Å²) in [4.78, 5) is 38.8. The van der Waals surface area contributed by atoms with E-state index in [1.165, 1.54) is 32.2 Å². The van der Waals surface area contributed by atoms with Gasteiger partial charge in [0, 0.05) is 41.5 Å². The van der Waals surface area contributed by atoms with Crippen LogP contribution in [-0.4, -0.2) is 93.3 Å². The van der Waals surface area contributed by atoms with Crippen molar-refractivity contribution < 1.29 is 54.1 Å². The Morgan fingerprint density at radius 1 is 1.17 bits per heavy atom. The Morgan fingerprint density at radius 3 is 2.45 bits per heavy atom. The number of aromatic hydroxyl groups is 2. The molecule has 0 saturated carbocycles. The molecule has 12 nitrogen and oxygen atoms in total. The number of phenolic OH excluding ortho intramolecular Hbond substituents is 2. The van der Waals surface area contributed by atoms with Crippen molar-refractivity contribution in [2.45, 2.75) is 75.8 Å². The largest absolute Gasteiger partial charge is 0.508 e. The van der Waals surface area contributed by atoms with Crippen molar-refractivity contribution in [2.24, 2.45) is 0 Å². The van der Waals surface area contributed by atoms with Gasteiger partial charge in [0.1, 0.15) is 29.5 Å². The number of benzene rings is 2. The summed E-state index contributed by atoms with van der Waals surface area (Å²) >= 11 is 0. The van der Waals surface area contributed by atoms with Gasteiger partial charge in [0.25, 0.3) is 0 Å². The Hall–Kier alpha value is -3.39. The number of Topliss-reactive ketones (excluding diaryl/α,β-unsaturated/α-hetero) is 2. The zero-order valence-electron chi connectivity index (χ0n) is 24.1. The fourth-order valence-corrected chi connectivity index (χ4v) is 5.95. The van der Waals surface area contributed by atoms with E-state index in [4.69, 9.17) is 14.2 Å². The molecule has 0 bridgehead atoms. The van der Waals surface area contributed by atoms with Crippen LogP contribution in [0.15, 0.2) is 24.3 Å². The third-order valence-corrected chi connectivity index (χ3v) is 8.43. The molecule has 0 amide bonds. The topological polar surface area (TPSA) is 192 Å². The summed E-state index contributed by atoms with van der Waals surface area (Å²) in [6.45, 7) is 3.69. The maximum Gasteiger partial charge on any atom is 0.197 e. The minimum absolute atomic E-state index is 0.0203. The molecule has 6 atom stereocenters. The fraction of sp³-hybridized carbons (Fsp3) is 0.500. The number of aliphatic hydroxyl groups is 3. The van der Waals surface area contributed by atoms with E-state index in [9.17, 15) is 39.9 Å². The van der Waals surface area contributed by atoms with Crippen LogP contribution in [0.4, 0.5) is 0 Å². The van der Waals surface area contributed by atoms with Crippen molar-refractivity contribution in [1.29, 1.82) is 0 Å². The molecule has 1 saturated heterocycles. The number of phenols is 2. The number of ether oxygens (including phenoxy) is 3. The van der Waals surface area contributed by atoms with Crippen molar-refractivity contribution in [1.82, 2.24) is 5.32 Å². The number of nitrogens with one attached hydrogen (secondary N) is 1. The fourth-order valence-electron chi connectivity index (χ4n) is 5.95. The molecule has 1 heterocycles. The summed E-state index contributed by atoms with van der Waals surface area (Å²) in [5.41, 5.74) is -3.62. The number of carbonyl (C=O) groups is 3. The van der Waals surface area contributed by atoms with Crippen molar-refractivity contribution in [3.05, 3.63) is 52.1 Å². The Kier molecular flexibility index (Phi) is 8.79. The molecule has 2 aliphatic rings. The molecule has 0 radical (unpaired) electrons. The first kappa shape index (κ1) is 31.5. The number of ketones is 3. The van der Waals surface area contributed by atoms with Gasteiger partial charge in [-0.25, -0.2) is 0 Å². The summed E-state index contributed by atoms with van der Waals surface area (Å²) in [6, 6.07) is 5.42. The van der Waals surface area contributed by atoms with Gasteiger partial charge in [0.15, 0.2) is 23.6 Å². The average molecular weight is 588 g/mol. The first-order valence-corrected chi connectivity index (χ1v) is 13.6. The third kappa shape index (κ3) is 5.41. The maximum absolute atomic E-state index is 13.7. The Bertz CT molecular complexity index is 1410. The molecule has 42 heavy (non-hydrogen) atoms. The molecule has 1 unspecified atom stereocenters. The summed E-state index contributed by atoms with van der Waals surface area (Å²) in [5, 5.41) is 57.2. The molecule has 228 valence electrons. The number of methoxy groups -OCH3 is 1. The Morgan fingerprint density at radius 2 is 1.86 bits per heavy atom. The van der Waals surface area contributed by atoms with Gasteiger partial charge in [-0.3, -0.25) is 14.4 Å². The zero-order chi connectivity index (χ0) is 31.1. The van der Waals surface area contributed by atoms with E-state index in [2.05, 4.69) is 5.32 Å². The predicted octanol–water partition coefficient (Wildman–Crippen LogP) is 1.31. The van der Waals surface area contributed by atoms with E-state index in [1.807, 2.05) is 0 Å². The van der Waals surface area contributed by atoms with Crippen molar-refractivity contribution in [3.63, 3.8) is 0 Å². The number of hydrogen-bond donors (Lipinski definition) is 6. The summed E-state index contributed by atoms with van der Waals surface area (Å²) < 4.78 is 17.3. The molecule has 1 aliphatic carbocycles. The van der Waals surface area contributed by atoms with E-state index in [1.54, 1.807) is 20.9 Å². The molecule has 12 heteroatoms. The van der Waals surface area contributed by atoms with Crippen LogP contribution in [0.25, 0.3) is 0 Å². The minimum Gasteiger partial charge on any atom is -0.508 e. The summed E-state index contributed by atoms with van der Waals surface area (Å²) in [6.07, 6.45) is -4.50. The molecule has 0 aromatic heterocycles. The normalized spacial score (nSPS) is 29.0. The Labute approximate surface area is 242 Å². The second-order valence-corrected chi connectivity index (χ2v) is 11.2. The molecule has 0 spiro atoms. The lowest BCUT2D eigenvalue weighted by atomic mass is 9.74. The molecule has 2 aromatic rings. The molecule has 6 N–H and O–H groups in total. The van der Waals surface area contributed by atoms with E-state index in [0.717, 1.165) is 6.07 Å². The zero-order valence-corrected chi connectivity index (χ0v) is 24.1. The highest BCUT2D eigenvalue weighted by atomic mass is 16.7. The summed E-state index contributed by atoms with van der Waals surface area (Å²) in [5.74, 6) is -3.16. The van der Waals surface area contributed by atoms with Crippen LogP contribution in [0.2, 0.25) is 0 Å². The number of likely N-dealkylation sites (N-methyl/N-ethyl adjacent to an activating group) is 1. The number of carbonyl (C=O) groups excluding carboxylic acids is 3. The van der Waals surface area contributed by atoms with E-state index in [-0.39, 0.29) is 40.0 Å². The lowest BCUT2D eigenvalue weighted by Gasteiger charge is -2.47. The first-order valence-electron chi connectivity index (χ1n) is 13.6. The number of fused-ring (bicyclic) bond motifs is 1. The van der Waals surface area contributed by atoms with Gasteiger partial charge in [0.05, 0.1) is 36.5 Å². The minimum atomic E-state index is -2.22. The SMILES string of the molecule is CN[C@]1(C)C[C@H](O[C@H]2C[C@](O)(C(=O)CO)Cc3c(O)c(C(=O)c4cccc(OC)c4C(C)=O)cc(O)c32)OC(C)[C@H]1O. The number of hydrogen-bond acceptors (Lipinski definition) is 12. The van der Waals surface area contributed by atoms with Crippen molar-refractivity contribution in [2.75, 3.05) is 20.8 Å². The lowest BCUT2D eigenvalue weighted by Crippen LogP contribution is -2.61. The van der Waals surface area contributed by atoms with E-state index >= 15 is 0 Å². The maximum atomic E-state index is 13.7. The van der Waals surface area contributed by atoms with E-state index < -0.39 is 84.0 Å². The second-order valence-electron chi connectivity index (χ2n) is 11.2. The van der Waals surface area contributed by atoms with E-state index in [0.29, 0.717) is 0 Å². The van der Waals surface area contributed by atoms with Gasteiger partial charge in [-0.05, 0) is 40.0 Å². The van der Waals surface area contributed by atoms with Gasteiger partial charge in [0.2, 0.25) is 0 Å². The van der Waals surface area contributed by atoms with Crippen LogP contribution in [-0.2, 0) is 20.7 Å². The second kappa shape index (κ2) is 11.7. The van der Waals surface area contributed by atoms with Gasteiger partial charge >= 0.3 is 0 Å². The quantitative estimate of drug-likeness (QED) is 0.182. The average Bonchev–Trinajstić information content (AvgIpc) is 2.95. The van der Waals surface area contributed by atoms with Gasteiger partial charge in [-0.15, -0.1) is 0 Å². The molecule has 2 aromatic carbocycles. The van der Waals surface area contributed by atoms with Gasteiger partial charge < -0.3 is 45.1 Å². The monoisotopic (exact) mass is 587 g/mol. The van der Waals surface area contributed by atoms with Crippen molar-refractivity contribution in [3.8, 4) is 17.2 Å². The highest BCUT2D eigenvalue weighted by molar-refractivity contribution is 6.17. The van der Waals surface area contributed by atoms with Crippen LogP contribution in [0, 0.1) is 0 Å². The van der Waals surface area contributed by atoms with Crippen LogP contribution in [0.3, 0.4) is 0 Å². The highest BCUT2D eigenvalue weighted by Gasteiger charge is 2.49. The van der Waals surface area contributed by atoms with Gasteiger partial charge in [-0.1, -0.05) is 12.1 Å². The van der Waals surface area contributed by atoms with Gasteiger partial charge in [-0.2, -0.15) is 0 Å². The van der Waals surface area contributed by atoms with Crippen LogP contribution in [0.1, 0.15) is 77.1 Å². The summed E-state index contributed by atoms with van der Waals surface area (Å²) in [7, 11) is 3.02. The predicted molar refractivity (Wildman–Crippen MR) is 148 cm³/mol. The number of rotatable bonds is 9. The molecule has 1 aliphatic heterocycles. The lowest BCUT2D eigenvalue weighted by molar-refractivity contribution is -0.262. The smallest absolute Gasteiger partial charge is 0.197 e. The standard InChI is InChI=1S/C30H37NO11/c1-14(33)24-16(7-6-8-20(24)40-5)26(36)17-9-19(34)25-18(27(17)37)10-30(39,22(35)13-32)11-21(25)42-23-12-29(3,31-4)28(38)15(2)41-23/h6-9,15,21,23,28,31-32,34,37-39H,10-13H2,1-5H3/t15?,21-,23-,28+,29+,30-/m0/s1. The van der Waals surface area contributed by atoms with Crippen LogP contribution < -0.4 is 10.1 Å². The molecule has 4 rings (SSSR count). The Balaban J connectivity index is 1.83. The van der Waals surface area contributed by atoms with Crippen molar-refractivity contribution >= 4 is 17.3 Å².